The summed E-state index contributed by atoms with van der Waals surface area (Å²) in [6.45, 7) is 11.7. The first kappa shape index (κ1) is 50.6. The molecule has 0 bridgehead atoms. The Bertz CT molecular complexity index is 1520. The monoisotopic (exact) mass is 840 g/mol. The highest BCUT2D eigenvalue weighted by Gasteiger charge is 2.35. The third-order valence-corrected chi connectivity index (χ3v) is 10.8. The first-order valence-electron chi connectivity index (χ1n) is 21.2. The lowest BCUT2D eigenvalue weighted by Gasteiger charge is -2.42. The molecule has 1 aromatic carbocycles. The number of primary amides is 1. The molecule has 0 radical (unpaired) electrons. The number of nitrogens with zero attached hydrogens (tertiary/aromatic N) is 2. The summed E-state index contributed by atoms with van der Waals surface area (Å²) < 4.78 is 40.6. The van der Waals surface area contributed by atoms with Crippen LogP contribution in [0.5, 0.6) is 0 Å². The zero-order valence-electron chi connectivity index (χ0n) is 35.8. The minimum Gasteiger partial charge on any atom is -0.396 e. The number of Topliss-reactive ketones (excluding diaryl/α,β-unsaturated/α-hetero) is 1. The van der Waals surface area contributed by atoms with Gasteiger partial charge in [0.25, 0.3) is 6.43 Å². The second-order valence-electron chi connectivity index (χ2n) is 14.3. The number of hydrogen-bond acceptors (Lipinski definition) is 10. The first-order valence-corrected chi connectivity index (χ1v) is 21.7. The molecule has 58 heavy (non-hydrogen) atoms. The fraction of sp³-hybridized carbons (Fsp3) is 0.674. The number of likely N-dealkylation sites (N-methyl/N-ethyl adjacent to an activating group) is 1. The van der Waals surface area contributed by atoms with Crippen molar-refractivity contribution in [2.24, 2.45) is 23.3 Å². The van der Waals surface area contributed by atoms with E-state index in [1.54, 1.807) is 13.1 Å². The summed E-state index contributed by atoms with van der Waals surface area (Å²) in [5.41, 5.74) is 19.9. The molecule has 2 amide bonds. The van der Waals surface area contributed by atoms with Gasteiger partial charge in [-0.2, -0.15) is 0 Å². The second kappa shape index (κ2) is 28.1. The molecule has 1 aromatic rings. The number of thiocarbonyl (C=S) groups is 1. The van der Waals surface area contributed by atoms with Crippen LogP contribution in [0.4, 0.5) is 14.5 Å². The number of benzene rings is 1. The number of allylic oxidation sites excluding steroid dienone is 1. The average Bonchev–Trinajstić information content (AvgIpc) is 3.71. The molecule has 0 aromatic heterocycles. The molecule has 332 valence electrons. The van der Waals surface area contributed by atoms with Crippen LogP contribution in [0.1, 0.15) is 124 Å². The normalized spacial score (nSPS) is 18.4. The fourth-order valence-corrected chi connectivity index (χ4v) is 8.01. The Morgan fingerprint density at radius 1 is 1.07 bits per heavy atom. The van der Waals surface area contributed by atoms with Gasteiger partial charge in [0, 0.05) is 85.4 Å². The molecule has 0 spiro atoms. The summed E-state index contributed by atoms with van der Waals surface area (Å²) in [6, 6.07) is 3.66. The van der Waals surface area contributed by atoms with E-state index >= 15 is 0 Å². The smallest absolute Gasteiger partial charge is 0.264 e. The average molecular weight is 840 g/mol. The van der Waals surface area contributed by atoms with Gasteiger partial charge in [-0.25, -0.2) is 14.2 Å². The van der Waals surface area contributed by atoms with E-state index in [-0.39, 0.29) is 58.2 Å². The van der Waals surface area contributed by atoms with Gasteiger partial charge >= 0.3 is 0 Å². The van der Waals surface area contributed by atoms with Crippen molar-refractivity contribution in [3.8, 4) is 0 Å². The van der Waals surface area contributed by atoms with E-state index in [9.17, 15) is 23.2 Å². The Hall–Kier alpha value is -3.50. The van der Waals surface area contributed by atoms with Crippen LogP contribution in [-0.4, -0.2) is 94.4 Å². The molecule has 5 rings (SSSR count). The summed E-state index contributed by atoms with van der Waals surface area (Å²) in [5.74, 6) is 0.124. The lowest BCUT2D eigenvalue weighted by atomic mass is 9.77. The molecule has 12 nitrogen and oxygen atoms in total. The number of aryl methyl sites for hydroxylation is 1. The number of nitrogens with one attached hydrogen (secondary N) is 3. The van der Waals surface area contributed by atoms with Crippen LogP contribution in [0.15, 0.2) is 29.5 Å². The predicted octanol–water partition coefficient (Wildman–Crippen LogP) is 6.82. The number of ether oxygens (including phenoxy) is 2. The maximum Gasteiger partial charge on any atom is 0.264 e. The van der Waals surface area contributed by atoms with Crippen LogP contribution in [0, 0.1) is 11.8 Å². The van der Waals surface area contributed by atoms with Crippen molar-refractivity contribution in [1.82, 2.24) is 21.1 Å². The van der Waals surface area contributed by atoms with Gasteiger partial charge in [0.15, 0.2) is 0 Å². The highest BCUT2D eigenvalue weighted by Crippen LogP contribution is 2.42. The second-order valence-corrected chi connectivity index (χ2v) is 14.6. The minimum atomic E-state index is -2.66. The van der Waals surface area contributed by atoms with Crippen molar-refractivity contribution in [2.75, 3.05) is 65.1 Å². The van der Waals surface area contributed by atoms with Crippen molar-refractivity contribution in [1.29, 1.82) is 0 Å². The molecule has 1 saturated heterocycles. The molecule has 3 heterocycles. The Labute approximate surface area is 354 Å². The van der Waals surface area contributed by atoms with E-state index in [4.69, 9.17) is 15.2 Å². The number of nitrogens with two attached hydrogens (primary N) is 2. The number of hydrazine groups is 1. The molecular formula is C43H75F2N7O5S. The Morgan fingerprint density at radius 3 is 2.40 bits per heavy atom. The highest BCUT2D eigenvalue weighted by atomic mass is 32.1. The van der Waals surface area contributed by atoms with E-state index in [1.807, 2.05) is 52.0 Å². The molecule has 1 fully saturated rings. The van der Waals surface area contributed by atoms with Gasteiger partial charge in [-0.15, -0.1) is 0 Å². The first-order chi connectivity index (χ1) is 28.1. The van der Waals surface area contributed by atoms with Crippen molar-refractivity contribution in [2.45, 2.75) is 117 Å². The van der Waals surface area contributed by atoms with Crippen LogP contribution in [0.2, 0.25) is 0 Å². The summed E-state index contributed by atoms with van der Waals surface area (Å²) in [5, 5.41) is 8.27. The molecule has 2 unspecified atom stereocenters. The van der Waals surface area contributed by atoms with Gasteiger partial charge < -0.3 is 36.2 Å². The van der Waals surface area contributed by atoms with E-state index in [0.29, 0.717) is 43.8 Å². The number of alkyl halides is 2. The third kappa shape index (κ3) is 15.6. The van der Waals surface area contributed by atoms with Crippen LogP contribution in [-0.2, 0) is 30.3 Å². The SMILES string of the molecule is CC.CC.CNC(=O)C1CCC(CC2CCOCC2)=C(C(NC)N2CCCc3cc(C4=CN(CCCC(=O)CCOCCC(N)=O)NC4)c(C(F)F)cc32)C1.NC=S.[HH].[HH]. The van der Waals surface area contributed by atoms with E-state index < -0.39 is 12.3 Å². The minimum absolute atomic E-state index is 0. The lowest BCUT2D eigenvalue weighted by molar-refractivity contribution is -0.125. The van der Waals surface area contributed by atoms with Crippen LogP contribution >= 0.6 is 12.2 Å². The van der Waals surface area contributed by atoms with Crippen LogP contribution in [0.25, 0.3) is 5.57 Å². The Balaban J connectivity index is 0.00000365. The maximum atomic E-state index is 14.9. The molecule has 2 atom stereocenters. The van der Waals surface area contributed by atoms with Crippen molar-refractivity contribution < 1.29 is 35.5 Å². The topological polar surface area (TPSA) is 164 Å². The quantitative estimate of drug-likeness (QED) is 0.0599. The van der Waals surface area contributed by atoms with E-state index in [2.05, 4.69) is 38.9 Å². The van der Waals surface area contributed by atoms with Crippen LogP contribution < -0.4 is 32.4 Å². The van der Waals surface area contributed by atoms with Crippen molar-refractivity contribution >= 4 is 46.6 Å². The number of hydrogen-bond donors (Lipinski definition) is 5. The zero-order chi connectivity index (χ0) is 43.0. The molecule has 0 saturated carbocycles. The summed E-state index contributed by atoms with van der Waals surface area (Å²) >= 11 is 4.05. The number of ketones is 1. The Morgan fingerprint density at radius 2 is 1.76 bits per heavy atom. The van der Waals surface area contributed by atoms with Gasteiger partial charge in [0.2, 0.25) is 11.8 Å². The van der Waals surface area contributed by atoms with Crippen LogP contribution in [0.3, 0.4) is 0 Å². The molecule has 7 N–H and O–H groups in total. The number of carbonyl (C=O) groups excluding carboxylic acids is 3. The van der Waals surface area contributed by atoms with Gasteiger partial charge in [0.05, 0.1) is 18.7 Å². The molecule has 1 aliphatic carbocycles. The zero-order valence-corrected chi connectivity index (χ0v) is 36.6. The summed E-state index contributed by atoms with van der Waals surface area (Å²) in [4.78, 5) is 38.2. The molecule has 15 heteroatoms. The lowest BCUT2D eigenvalue weighted by Crippen LogP contribution is -2.49. The van der Waals surface area contributed by atoms with Gasteiger partial charge in [-0.05, 0) is 105 Å². The predicted molar refractivity (Wildman–Crippen MR) is 237 cm³/mol. The highest BCUT2D eigenvalue weighted by molar-refractivity contribution is 7.78. The van der Waals surface area contributed by atoms with Gasteiger partial charge in [-0.3, -0.25) is 19.7 Å². The largest absolute Gasteiger partial charge is 0.396 e. The summed E-state index contributed by atoms with van der Waals surface area (Å²) in [6.07, 6.45) is 7.49. The number of anilines is 1. The number of carbonyl (C=O) groups is 3. The Kier molecular flexibility index (Phi) is 24.5. The number of halogens is 2. The number of rotatable bonds is 18. The number of fused-ring (bicyclic) bond motifs is 1. The molecular weight excluding hydrogens is 765 g/mol. The number of amides is 2. The molecule has 3 aliphatic heterocycles. The van der Waals surface area contributed by atoms with Gasteiger partial charge in [0.1, 0.15) is 11.9 Å². The maximum absolute atomic E-state index is 14.9. The fourth-order valence-electron chi connectivity index (χ4n) is 8.01. The standard InChI is InChI=1S/C38H56F2N6O5.2C2H6.CH3NS.2H2/c1-42-37(32-21-28(38(49)43-2)8-7-26(32)19-25-9-15-50-16-10-25)46-14-3-5-27-20-31(33(36(39)40)22-34(27)46)29-23-44-45(24-29)13-4-6-30(47)11-17-51-18-12-35(41)48;2*1-2;2-1-3;;/h20,22,24-25,28,36-37,42,44H,3-19,21,23H2,1-2H3,(H2,41,48)(H,43,49);2*1-2H3;1H,(H2,2,3);2*1H. The van der Waals surface area contributed by atoms with Crippen molar-refractivity contribution in [3.05, 3.63) is 46.2 Å². The van der Waals surface area contributed by atoms with Crippen molar-refractivity contribution in [3.63, 3.8) is 0 Å². The van der Waals surface area contributed by atoms with Gasteiger partial charge in [-0.1, -0.05) is 45.5 Å². The van der Waals surface area contributed by atoms with E-state index in [0.717, 1.165) is 87.0 Å². The summed E-state index contributed by atoms with van der Waals surface area (Å²) in [7, 11) is 3.62. The van der Waals surface area contributed by atoms with E-state index in [1.165, 1.54) is 11.1 Å². The third-order valence-electron chi connectivity index (χ3n) is 10.8. The molecule has 4 aliphatic rings.